The molecule has 0 amide bonds. The molecule has 0 unspecified atom stereocenters. The summed E-state index contributed by atoms with van der Waals surface area (Å²) in [6.45, 7) is 4.70. The number of hydrogen-bond donors (Lipinski definition) is 1. The molecule has 0 spiro atoms. The van der Waals surface area contributed by atoms with E-state index in [1.807, 2.05) is 0 Å². The number of piperidine rings is 1. The summed E-state index contributed by atoms with van der Waals surface area (Å²) in [6.07, 6.45) is 7.17. The molecule has 4 nitrogen and oxygen atoms in total. The highest BCUT2D eigenvalue weighted by Crippen LogP contribution is 2.37. The van der Waals surface area contributed by atoms with E-state index in [4.69, 9.17) is 9.47 Å². The first kappa shape index (κ1) is 16.9. The second kappa shape index (κ2) is 7.34. The Morgan fingerprint density at radius 3 is 2.84 bits per heavy atom. The van der Waals surface area contributed by atoms with Gasteiger partial charge in [-0.1, -0.05) is 6.08 Å². The summed E-state index contributed by atoms with van der Waals surface area (Å²) in [7, 11) is 1.51. The Morgan fingerprint density at radius 1 is 1.24 bits per heavy atom. The monoisotopic (exact) mass is 346 g/mol. The van der Waals surface area contributed by atoms with Gasteiger partial charge in [-0.15, -0.1) is 0 Å². The first-order valence-electron chi connectivity index (χ1n) is 9.39. The fourth-order valence-corrected chi connectivity index (χ4v) is 3.75. The second-order valence-corrected chi connectivity index (χ2v) is 7.40. The SMILES string of the molecule is COc1cc(C2=CCN([C@@H]3CCCNC3)C2)c(OCC2CC2)cc1F. The van der Waals surface area contributed by atoms with Crippen molar-refractivity contribution in [1.82, 2.24) is 10.2 Å². The van der Waals surface area contributed by atoms with Gasteiger partial charge in [0.15, 0.2) is 11.6 Å². The summed E-state index contributed by atoms with van der Waals surface area (Å²) >= 11 is 0. The zero-order chi connectivity index (χ0) is 17.2. The maximum absolute atomic E-state index is 14.2. The van der Waals surface area contributed by atoms with Crippen LogP contribution in [0.4, 0.5) is 4.39 Å². The number of benzene rings is 1. The summed E-state index contributed by atoms with van der Waals surface area (Å²) < 4.78 is 25.3. The molecule has 4 rings (SSSR count). The largest absolute Gasteiger partial charge is 0.494 e. The molecule has 1 aromatic rings. The van der Waals surface area contributed by atoms with Gasteiger partial charge in [0.25, 0.3) is 0 Å². The van der Waals surface area contributed by atoms with E-state index in [-0.39, 0.29) is 11.6 Å². The Labute approximate surface area is 149 Å². The number of nitrogens with one attached hydrogen (secondary N) is 1. The summed E-state index contributed by atoms with van der Waals surface area (Å²) in [6, 6.07) is 3.87. The number of ether oxygens (including phenoxy) is 2. The molecule has 1 N–H and O–H groups in total. The normalized spacial score (nSPS) is 24.2. The molecule has 0 bridgehead atoms. The maximum atomic E-state index is 14.2. The third-order valence-electron chi connectivity index (χ3n) is 5.50. The van der Waals surface area contributed by atoms with Crippen LogP contribution < -0.4 is 14.8 Å². The van der Waals surface area contributed by atoms with Crippen molar-refractivity contribution >= 4 is 5.57 Å². The van der Waals surface area contributed by atoms with Gasteiger partial charge in [0.2, 0.25) is 0 Å². The smallest absolute Gasteiger partial charge is 0.168 e. The van der Waals surface area contributed by atoms with E-state index in [1.54, 1.807) is 6.07 Å². The van der Waals surface area contributed by atoms with Crippen LogP contribution in [0.15, 0.2) is 18.2 Å². The first-order valence-corrected chi connectivity index (χ1v) is 9.39. The highest BCUT2D eigenvalue weighted by atomic mass is 19.1. The van der Waals surface area contributed by atoms with E-state index in [0.717, 1.165) is 31.7 Å². The van der Waals surface area contributed by atoms with E-state index in [9.17, 15) is 4.39 Å². The molecule has 1 aliphatic carbocycles. The van der Waals surface area contributed by atoms with Gasteiger partial charge in [-0.3, -0.25) is 4.90 Å². The minimum absolute atomic E-state index is 0.285. The molecule has 2 fully saturated rings. The minimum atomic E-state index is -0.357. The molecule has 25 heavy (non-hydrogen) atoms. The van der Waals surface area contributed by atoms with Crippen molar-refractivity contribution in [2.45, 2.75) is 31.7 Å². The van der Waals surface area contributed by atoms with Crippen molar-refractivity contribution in [2.75, 3.05) is 39.9 Å². The molecule has 3 aliphatic rings. The highest BCUT2D eigenvalue weighted by Gasteiger charge is 2.28. The van der Waals surface area contributed by atoms with Crippen LogP contribution in [0.1, 0.15) is 31.2 Å². The molecule has 2 aliphatic heterocycles. The van der Waals surface area contributed by atoms with E-state index >= 15 is 0 Å². The van der Waals surface area contributed by atoms with Crippen LogP contribution in [0, 0.1) is 11.7 Å². The van der Waals surface area contributed by atoms with E-state index in [2.05, 4.69) is 16.3 Å². The average Bonchev–Trinajstić information content (AvgIpc) is 3.35. The fraction of sp³-hybridized carbons (Fsp3) is 0.600. The minimum Gasteiger partial charge on any atom is -0.494 e. The van der Waals surface area contributed by atoms with Gasteiger partial charge in [0.1, 0.15) is 5.75 Å². The zero-order valence-electron chi connectivity index (χ0n) is 14.9. The predicted octanol–water partition coefficient (Wildman–Crippen LogP) is 3.07. The van der Waals surface area contributed by atoms with E-state index in [0.29, 0.717) is 24.3 Å². The number of hydrogen-bond acceptors (Lipinski definition) is 4. The van der Waals surface area contributed by atoms with Gasteiger partial charge in [-0.2, -0.15) is 0 Å². The van der Waals surface area contributed by atoms with Crippen LogP contribution >= 0.6 is 0 Å². The summed E-state index contributed by atoms with van der Waals surface area (Å²) in [4.78, 5) is 2.50. The molecule has 1 aromatic carbocycles. The van der Waals surface area contributed by atoms with Crippen LogP contribution in [0.3, 0.4) is 0 Å². The predicted molar refractivity (Wildman–Crippen MR) is 96.6 cm³/mol. The van der Waals surface area contributed by atoms with Crippen LogP contribution in [0.25, 0.3) is 5.57 Å². The molecule has 1 atom stereocenters. The zero-order valence-corrected chi connectivity index (χ0v) is 14.9. The molecule has 0 aromatic heterocycles. The lowest BCUT2D eigenvalue weighted by Crippen LogP contribution is -2.45. The van der Waals surface area contributed by atoms with Crippen LogP contribution in [0.2, 0.25) is 0 Å². The van der Waals surface area contributed by atoms with Crippen LogP contribution in [-0.4, -0.2) is 50.8 Å². The van der Waals surface area contributed by atoms with Crippen molar-refractivity contribution in [3.63, 3.8) is 0 Å². The van der Waals surface area contributed by atoms with Gasteiger partial charge >= 0.3 is 0 Å². The quantitative estimate of drug-likeness (QED) is 0.858. The highest BCUT2D eigenvalue weighted by molar-refractivity contribution is 5.74. The van der Waals surface area contributed by atoms with Crippen LogP contribution in [-0.2, 0) is 0 Å². The number of nitrogens with zero attached hydrogens (tertiary/aromatic N) is 1. The van der Waals surface area contributed by atoms with Crippen LogP contribution in [0.5, 0.6) is 11.5 Å². The van der Waals surface area contributed by atoms with Crippen molar-refractivity contribution in [3.8, 4) is 11.5 Å². The molecule has 136 valence electrons. The summed E-state index contributed by atoms with van der Waals surface area (Å²) in [5.74, 6) is 1.22. The molecule has 1 saturated carbocycles. The number of methoxy groups -OCH3 is 1. The van der Waals surface area contributed by atoms with Gasteiger partial charge in [-0.05, 0) is 49.8 Å². The molecule has 1 saturated heterocycles. The molecular weight excluding hydrogens is 319 g/mol. The number of rotatable bonds is 6. The van der Waals surface area contributed by atoms with Gasteiger partial charge in [0.05, 0.1) is 13.7 Å². The van der Waals surface area contributed by atoms with E-state index < -0.39 is 0 Å². The van der Waals surface area contributed by atoms with Gasteiger partial charge < -0.3 is 14.8 Å². The van der Waals surface area contributed by atoms with Crippen molar-refractivity contribution in [3.05, 3.63) is 29.6 Å². The summed E-state index contributed by atoms with van der Waals surface area (Å²) in [5, 5.41) is 3.48. The standard InChI is InChI=1S/C20H27FN2O2/c1-24-20-9-17(19(10-18(20)21)25-13-14-4-5-14)15-6-8-23(12-15)16-3-2-7-22-11-16/h6,9-10,14,16,22H,2-5,7-8,11-13H2,1H3/t16-/m1/s1. The lowest BCUT2D eigenvalue weighted by molar-refractivity contribution is 0.212. The fourth-order valence-electron chi connectivity index (χ4n) is 3.75. The Balaban J connectivity index is 1.53. The lowest BCUT2D eigenvalue weighted by atomic mass is 10.0. The molecule has 0 radical (unpaired) electrons. The third-order valence-corrected chi connectivity index (χ3v) is 5.50. The lowest BCUT2D eigenvalue weighted by Gasteiger charge is -2.31. The second-order valence-electron chi connectivity index (χ2n) is 7.40. The van der Waals surface area contributed by atoms with Crippen molar-refractivity contribution in [2.24, 2.45) is 5.92 Å². The molecular formula is C20H27FN2O2. The molecule has 5 heteroatoms. The van der Waals surface area contributed by atoms with Gasteiger partial charge in [0, 0.05) is 37.3 Å². The van der Waals surface area contributed by atoms with Crippen molar-refractivity contribution < 1.29 is 13.9 Å². The average molecular weight is 346 g/mol. The topological polar surface area (TPSA) is 33.7 Å². The maximum Gasteiger partial charge on any atom is 0.168 e. The number of halogens is 1. The Kier molecular flexibility index (Phi) is 4.95. The van der Waals surface area contributed by atoms with E-state index in [1.165, 1.54) is 44.4 Å². The van der Waals surface area contributed by atoms with Gasteiger partial charge in [-0.25, -0.2) is 4.39 Å². The summed E-state index contributed by atoms with van der Waals surface area (Å²) in [5.41, 5.74) is 2.19. The first-order chi connectivity index (χ1) is 12.2. The Hall–Kier alpha value is -1.59. The van der Waals surface area contributed by atoms with Crippen molar-refractivity contribution in [1.29, 1.82) is 0 Å². The Morgan fingerprint density at radius 2 is 2.12 bits per heavy atom. The third kappa shape index (κ3) is 3.82. The Bertz CT molecular complexity index is 651. The molecule has 2 heterocycles.